The third kappa shape index (κ3) is 3.73. The number of carboxylic acids is 1. The third-order valence-electron chi connectivity index (χ3n) is 4.52. The Bertz CT molecular complexity index is 1100. The summed E-state index contributed by atoms with van der Waals surface area (Å²) >= 11 is 1.07. The number of nitrogens with zero attached hydrogens (tertiary/aromatic N) is 3. The van der Waals surface area contributed by atoms with Gasteiger partial charge in [0.25, 0.3) is 0 Å². The van der Waals surface area contributed by atoms with E-state index in [9.17, 15) is 15.2 Å². The number of carboxylic acid groups (broad SMARTS) is 1. The molecular formula is C21H22N4O2S. The molecule has 0 saturated heterocycles. The van der Waals surface area contributed by atoms with Gasteiger partial charge in [0.05, 0.1) is 28.7 Å². The maximum absolute atomic E-state index is 11.4. The highest BCUT2D eigenvalue weighted by molar-refractivity contribution is 8.01. The van der Waals surface area contributed by atoms with Crippen LogP contribution >= 0.6 is 11.8 Å². The Labute approximate surface area is 168 Å². The van der Waals surface area contributed by atoms with Crippen LogP contribution < -0.4 is 0 Å². The average Bonchev–Trinajstić information content (AvgIpc) is 3.05. The summed E-state index contributed by atoms with van der Waals surface area (Å²) in [6, 6.07) is 8.09. The average molecular weight is 395 g/mol. The molecule has 0 bridgehead atoms. The summed E-state index contributed by atoms with van der Waals surface area (Å²) in [6.45, 7) is 9.61. The fourth-order valence-corrected chi connectivity index (χ4v) is 3.67. The van der Waals surface area contributed by atoms with Gasteiger partial charge in [-0.05, 0) is 43.0 Å². The van der Waals surface area contributed by atoms with Crippen LogP contribution in [0.15, 0.2) is 35.6 Å². The largest absolute Gasteiger partial charge is 0.480 e. The number of carbonyl (C=O) groups is 1. The minimum absolute atomic E-state index is 0.00466. The molecule has 0 aromatic carbocycles. The molecule has 144 valence electrons. The lowest BCUT2D eigenvalue weighted by Gasteiger charge is -2.19. The monoisotopic (exact) mass is 394 g/mol. The van der Waals surface area contributed by atoms with Gasteiger partial charge in [0, 0.05) is 11.6 Å². The molecular weight excluding hydrogens is 372 g/mol. The van der Waals surface area contributed by atoms with E-state index in [2.05, 4.69) is 41.8 Å². The van der Waals surface area contributed by atoms with Gasteiger partial charge >= 0.3 is 5.97 Å². The van der Waals surface area contributed by atoms with E-state index in [1.807, 2.05) is 18.2 Å². The number of fused-ring (bicyclic) bond motifs is 1. The van der Waals surface area contributed by atoms with E-state index in [-0.39, 0.29) is 5.41 Å². The summed E-state index contributed by atoms with van der Waals surface area (Å²) in [5.41, 5.74) is 3.81. The Kier molecular flexibility index (Phi) is 4.94. The molecule has 0 atom stereocenters. The molecule has 0 radical (unpaired) electrons. The Morgan fingerprint density at radius 1 is 1.21 bits per heavy atom. The molecule has 0 aliphatic heterocycles. The minimum Gasteiger partial charge on any atom is -0.480 e. The number of aromatic nitrogens is 3. The zero-order valence-corrected chi connectivity index (χ0v) is 17.3. The maximum atomic E-state index is 11.4. The third-order valence-corrected chi connectivity index (χ3v) is 5.71. The lowest BCUT2D eigenvalue weighted by Crippen LogP contribution is -2.27. The predicted octanol–water partition coefficient (Wildman–Crippen LogP) is 4.75. The maximum Gasteiger partial charge on any atom is 0.319 e. The molecule has 0 aliphatic carbocycles. The van der Waals surface area contributed by atoms with E-state index in [0.717, 1.165) is 28.7 Å². The summed E-state index contributed by atoms with van der Waals surface area (Å²) in [7, 11) is 0. The van der Waals surface area contributed by atoms with Crippen LogP contribution in [0, 0.1) is 11.3 Å². The zero-order chi connectivity index (χ0) is 20.7. The van der Waals surface area contributed by atoms with Crippen LogP contribution in [-0.4, -0.2) is 30.8 Å². The number of pyridine rings is 2. The fraction of sp³-hybridized carbons (Fsp3) is 0.333. The Balaban J connectivity index is 2.10. The van der Waals surface area contributed by atoms with Crippen LogP contribution in [-0.2, 0) is 10.2 Å². The van der Waals surface area contributed by atoms with Gasteiger partial charge in [-0.1, -0.05) is 32.5 Å². The topological polar surface area (TPSA) is 103 Å². The number of aliphatic carboxylic acids is 1. The second kappa shape index (κ2) is 6.95. The van der Waals surface area contributed by atoms with Gasteiger partial charge in [-0.3, -0.25) is 9.78 Å². The highest BCUT2D eigenvalue weighted by atomic mass is 32.2. The fourth-order valence-electron chi connectivity index (χ4n) is 2.74. The second-order valence-electron chi connectivity index (χ2n) is 8.16. The molecule has 3 aromatic heterocycles. The summed E-state index contributed by atoms with van der Waals surface area (Å²) in [4.78, 5) is 23.5. The van der Waals surface area contributed by atoms with Crippen molar-refractivity contribution in [3.05, 3.63) is 41.7 Å². The van der Waals surface area contributed by atoms with E-state index < -0.39 is 10.7 Å². The first-order valence-corrected chi connectivity index (χ1v) is 9.66. The normalized spacial score (nSPS) is 12.1. The lowest BCUT2D eigenvalue weighted by molar-refractivity contribution is -0.138. The molecule has 3 rings (SSSR count). The van der Waals surface area contributed by atoms with Crippen molar-refractivity contribution in [2.24, 2.45) is 0 Å². The van der Waals surface area contributed by atoms with Gasteiger partial charge in [0.15, 0.2) is 0 Å². The Morgan fingerprint density at radius 2 is 1.93 bits per heavy atom. The van der Waals surface area contributed by atoms with Crippen molar-refractivity contribution in [1.29, 1.82) is 5.26 Å². The van der Waals surface area contributed by atoms with Crippen molar-refractivity contribution in [2.75, 3.05) is 0 Å². The SMILES string of the molecule is CC(C)(Sc1ncc2[nH]c(-c3cc(C(C)(C)C)ccn3)cc2c1C#N)C(=O)O. The summed E-state index contributed by atoms with van der Waals surface area (Å²) in [6.07, 6.45) is 3.41. The summed E-state index contributed by atoms with van der Waals surface area (Å²) < 4.78 is -1.09. The van der Waals surface area contributed by atoms with Gasteiger partial charge in [-0.15, -0.1) is 0 Å². The van der Waals surface area contributed by atoms with Crippen LogP contribution in [0.25, 0.3) is 22.3 Å². The highest BCUT2D eigenvalue weighted by Gasteiger charge is 2.31. The van der Waals surface area contributed by atoms with Gasteiger partial charge in [-0.2, -0.15) is 5.26 Å². The molecule has 28 heavy (non-hydrogen) atoms. The van der Waals surface area contributed by atoms with Gasteiger partial charge in [0.1, 0.15) is 15.8 Å². The molecule has 6 nitrogen and oxygen atoms in total. The number of thioether (sulfide) groups is 1. The Hall–Kier alpha value is -2.85. The van der Waals surface area contributed by atoms with E-state index in [1.165, 1.54) is 0 Å². The quantitative estimate of drug-likeness (QED) is 0.619. The van der Waals surface area contributed by atoms with Crippen LogP contribution in [0.4, 0.5) is 0 Å². The first kappa shape index (κ1) is 19.9. The minimum atomic E-state index is -1.09. The first-order chi connectivity index (χ1) is 13.0. The van der Waals surface area contributed by atoms with Gasteiger partial charge in [0.2, 0.25) is 0 Å². The van der Waals surface area contributed by atoms with Crippen LogP contribution in [0.1, 0.15) is 45.7 Å². The van der Waals surface area contributed by atoms with Crippen LogP contribution in [0.3, 0.4) is 0 Å². The van der Waals surface area contributed by atoms with Crippen LogP contribution in [0.5, 0.6) is 0 Å². The number of hydrogen-bond acceptors (Lipinski definition) is 5. The van der Waals surface area contributed by atoms with Gasteiger partial charge < -0.3 is 10.1 Å². The number of aromatic amines is 1. The smallest absolute Gasteiger partial charge is 0.319 e. The van der Waals surface area contributed by atoms with Crippen LogP contribution in [0.2, 0.25) is 0 Å². The summed E-state index contributed by atoms with van der Waals surface area (Å²) in [5.74, 6) is -0.957. The molecule has 3 aromatic rings. The first-order valence-electron chi connectivity index (χ1n) is 8.84. The standard InChI is InChI=1S/C21H22N4O2S/c1-20(2,3)12-6-7-23-15(8-12)16-9-13-14(10-22)18(24-11-17(13)25-16)28-21(4,5)19(26)27/h6-9,11,25H,1-5H3,(H,26,27). The van der Waals surface area contributed by atoms with Gasteiger partial charge in [-0.25, -0.2) is 4.98 Å². The molecule has 0 aliphatic rings. The molecule has 0 saturated carbocycles. The molecule has 0 fully saturated rings. The lowest BCUT2D eigenvalue weighted by atomic mass is 9.87. The van der Waals surface area contributed by atoms with Crippen molar-refractivity contribution >= 4 is 28.6 Å². The molecule has 3 heterocycles. The van der Waals surface area contributed by atoms with Crippen molar-refractivity contribution in [3.8, 4) is 17.5 Å². The molecule has 0 spiro atoms. The molecule has 0 unspecified atom stereocenters. The van der Waals surface area contributed by atoms with E-state index in [1.54, 1.807) is 26.2 Å². The number of rotatable bonds is 4. The number of nitrogens with one attached hydrogen (secondary N) is 1. The number of nitriles is 1. The van der Waals surface area contributed by atoms with Crippen molar-refractivity contribution in [2.45, 2.75) is 49.8 Å². The predicted molar refractivity (Wildman–Crippen MR) is 110 cm³/mol. The zero-order valence-electron chi connectivity index (χ0n) is 16.5. The van der Waals surface area contributed by atoms with Crippen molar-refractivity contribution < 1.29 is 9.90 Å². The number of H-pyrrole nitrogens is 1. The number of hydrogen-bond donors (Lipinski definition) is 2. The van der Waals surface area contributed by atoms with E-state index >= 15 is 0 Å². The molecule has 0 amide bonds. The van der Waals surface area contributed by atoms with E-state index in [4.69, 9.17) is 0 Å². The summed E-state index contributed by atoms with van der Waals surface area (Å²) in [5, 5.41) is 20.2. The van der Waals surface area contributed by atoms with Crippen molar-refractivity contribution in [1.82, 2.24) is 15.0 Å². The van der Waals surface area contributed by atoms with Crippen molar-refractivity contribution in [3.63, 3.8) is 0 Å². The van der Waals surface area contributed by atoms with E-state index in [0.29, 0.717) is 21.5 Å². The highest BCUT2D eigenvalue weighted by Crippen LogP contribution is 2.37. The second-order valence-corrected chi connectivity index (χ2v) is 9.77. The molecule has 2 N–H and O–H groups in total. The molecule has 7 heteroatoms. The Morgan fingerprint density at radius 3 is 2.54 bits per heavy atom.